The van der Waals surface area contributed by atoms with Crippen molar-refractivity contribution in [2.45, 2.75) is 5.92 Å². The maximum Gasteiger partial charge on any atom is 0.410 e. The number of hydrogen-bond acceptors (Lipinski definition) is 6. The van der Waals surface area contributed by atoms with Crippen LogP contribution in [-0.4, -0.2) is 80.6 Å². The quantitative estimate of drug-likeness (QED) is 0.741. The number of benzene rings is 1. The van der Waals surface area contributed by atoms with Gasteiger partial charge in [-0.3, -0.25) is 14.5 Å². The van der Waals surface area contributed by atoms with Crippen molar-refractivity contribution in [1.82, 2.24) is 9.80 Å². The highest BCUT2D eigenvalue weighted by Crippen LogP contribution is 2.59. The Morgan fingerprint density at radius 1 is 1.23 bits per heavy atom. The number of methoxy groups -OCH3 is 2. The van der Waals surface area contributed by atoms with E-state index in [9.17, 15) is 23.2 Å². The standard InChI is InChI=1S/C19H21F2N3O6/c1-28-14-6-10(17(26)24-7-11-12(8-24)19(11,20)21)5-13(16(14)29-2)22-15(25)9-23-3-4-30-18(23)27/h5-6,11-12H,3-4,7-9H2,1-2H3,(H,22,25). The zero-order valence-corrected chi connectivity index (χ0v) is 16.4. The van der Waals surface area contributed by atoms with E-state index in [1.807, 2.05) is 0 Å². The molecule has 9 nitrogen and oxygen atoms in total. The molecular weight excluding hydrogens is 404 g/mol. The van der Waals surface area contributed by atoms with Crippen LogP contribution in [0.5, 0.6) is 11.5 Å². The largest absolute Gasteiger partial charge is 0.493 e. The second kappa shape index (κ2) is 7.29. The molecule has 2 atom stereocenters. The third kappa shape index (κ3) is 3.37. The fourth-order valence-corrected chi connectivity index (χ4v) is 3.97. The van der Waals surface area contributed by atoms with E-state index in [-0.39, 0.29) is 49.0 Å². The van der Waals surface area contributed by atoms with Crippen molar-refractivity contribution >= 4 is 23.6 Å². The first-order chi connectivity index (χ1) is 14.3. The summed E-state index contributed by atoms with van der Waals surface area (Å²) in [7, 11) is 2.76. The number of likely N-dealkylation sites (tertiary alicyclic amines) is 1. The predicted molar refractivity (Wildman–Crippen MR) is 98.9 cm³/mol. The molecular formula is C19H21F2N3O6. The number of amides is 3. The van der Waals surface area contributed by atoms with Gasteiger partial charge in [0.05, 0.1) is 38.3 Å². The zero-order chi connectivity index (χ0) is 21.6. The average molecular weight is 425 g/mol. The monoisotopic (exact) mass is 425 g/mol. The maximum absolute atomic E-state index is 13.4. The van der Waals surface area contributed by atoms with E-state index in [0.717, 1.165) is 0 Å². The van der Waals surface area contributed by atoms with Crippen LogP contribution in [0.25, 0.3) is 0 Å². The van der Waals surface area contributed by atoms with Crippen molar-refractivity contribution in [3.63, 3.8) is 0 Å². The molecule has 0 spiro atoms. The normalized spacial score (nSPS) is 23.7. The van der Waals surface area contributed by atoms with E-state index >= 15 is 0 Å². The number of carbonyl (C=O) groups is 3. The van der Waals surface area contributed by atoms with Gasteiger partial charge in [0.2, 0.25) is 5.91 Å². The Kier molecular flexibility index (Phi) is 4.91. The number of fused-ring (bicyclic) bond motifs is 1. The molecule has 11 heteroatoms. The Hall–Kier alpha value is -3.11. The van der Waals surface area contributed by atoms with Gasteiger partial charge in [-0.15, -0.1) is 0 Å². The minimum atomic E-state index is -2.69. The number of rotatable bonds is 6. The molecule has 1 aromatic carbocycles. The lowest BCUT2D eigenvalue weighted by Gasteiger charge is -2.22. The van der Waals surface area contributed by atoms with Crippen molar-refractivity contribution in [2.24, 2.45) is 11.8 Å². The van der Waals surface area contributed by atoms with Gasteiger partial charge in [0, 0.05) is 18.7 Å². The Balaban J connectivity index is 1.53. The van der Waals surface area contributed by atoms with Crippen LogP contribution in [0.1, 0.15) is 10.4 Å². The number of piperidine rings is 1. The van der Waals surface area contributed by atoms with Crippen molar-refractivity contribution < 1.29 is 37.4 Å². The third-order valence-electron chi connectivity index (χ3n) is 5.67. The van der Waals surface area contributed by atoms with Crippen molar-refractivity contribution in [3.8, 4) is 11.5 Å². The maximum atomic E-state index is 13.4. The zero-order valence-electron chi connectivity index (χ0n) is 16.4. The van der Waals surface area contributed by atoms with Gasteiger partial charge in [0.1, 0.15) is 13.2 Å². The number of cyclic esters (lactones) is 1. The lowest BCUT2D eigenvalue weighted by molar-refractivity contribution is -0.116. The van der Waals surface area contributed by atoms with E-state index in [4.69, 9.17) is 14.2 Å². The van der Waals surface area contributed by atoms with Gasteiger partial charge in [0.25, 0.3) is 11.8 Å². The van der Waals surface area contributed by atoms with Crippen LogP contribution < -0.4 is 14.8 Å². The van der Waals surface area contributed by atoms with Gasteiger partial charge in [-0.2, -0.15) is 0 Å². The van der Waals surface area contributed by atoms with Crippen LogP contribution in [0, 0.1) is 11.8 Å². The smallest absolute Gasteiger partial charge is 0.410 e. The summed E-state index contributed by atoms with van der Waals surface area (Å²) in [6, 6.07) is 2.85. The van der Waals surface area contributed by atoms with Crippen molar-refractivity contribution in [1.29, 1.82) is 0 Å². The topological polar surface area (TPSA) is 97.4 Å². The van der Waals surface area contributed by atoms with Crippen LogP contribution >= 0.6 is 0 Å². The molecule has 2 saturated heterocycles. The molecule has 3 fully saturated rings. The minimum absolute atomic E-state index is 0.0103. The van der Waals surface area contributed by atoms with Crippen molar-refractivity contribution in [2.75, 3.05) is 52.3 Å². The van der Waals surface area contributed by atoms with E-state index in [0.29, 0.717) is 6.54 Å². The third-order valence-corrected chi connectivity index (χ3v) is 5.67. The highest BCUT2D eigenvalue weighted by atomic mass is 19.3. The molecule has 2 aliphatic heterocycles. The predicted octanol–water partition coefficient (Wildman–Crippen LogP) is 1.43. The number of nitrogens with one attached hydrogen (secondary N) is 1. The number of carbonyl (C=O) groups excluding carboxylic acids is 3. The van der Waals surface area contributed by atoms with Crippen LogP contribution in [0.3, 0.4) is 0 Å². The summed E-state index contributed by atoms with van der Waals surface area (Å²) in [6.07, 6.45) is -0.581. The molecule has 1 N–H and O–H groups in total. The van der Waals surface area contributed by atoms with Gasteiger partial charge < -0.3 is 24.4 Å². The van der Waals surface area contributed by atoms with Crippen LogP contribution in [0.2, 0.25) is 0 Å². The Labute approximate surface area is 170 Å². The molecule has 3 aliphatic rings. The molecule has 1 saturated carbocycles. The van der Waals surface area contributed by atoms with E-state index in [2.05, 4.69) is 5.32 Å². The van der Waals surface area contributed by atoms with Crippen LogP contribution in [0.15, 0.2) is 12.1 Å². The molecule has 0 aromatic heterocycles. The molecule has 2 unspecified atom stereocenters. The van der Waals surface area contributed by atoms with Gasteiger partial charge >= 0.3 is 6.09 Å². The summed E-state index contributed by atoms with van der Waals surface area (Å²) >= 11 is 0. The fraction of sp³-hybridized carbons (Fsp3) is 0.526. The second-order valence-corrected chi connectivity index (χ2v) is 7.44. The molecule has 2 heterocycles. The summed E-state index contributed by atoms with van der Waals surface area (Å²) in [5.41, 5.74) is 0.348. The van der Waals surface area contributed by atoms with Gasteiger partial charge in [-0.05, 0) is 12.1 Å². The van der Waals surface area contributed by atoms with Gasteiger partial charge in [0.15, 0.2) is 11.5 Å². The van der Waals surface area contributed by atoms with Gasteiger partial charge in [-0.25, -0.2) is 13.6 Å². The first kappa shape index (κ1) is 20.2. The molecule has 0 radical (unpaired) electrons. The molecule has 4 rings (SSSR count). The molecule has 1 aliphatic carbocycles. The number of halogens is 2. The molecule has 162 valence electrons. The van der Waals surface area contributed by atoms with E-state index in [1.165, 1.54) is 36.2 Å². The second-order valence-electron chi connectivity index (χ2n) is 7.44. The number of anilines is 1. The molecule has 1 aromatic rings. The SMILES string of the molecule is COc1cc(C(=O)N2CC3C(C2)C3(F)F)cc(NC(=O)CN2CCOC2=O)c1OC. The van der Waals surface area contributed by atoms with Crippen LogP contribution in [-0.2, 0) is 9.53 Å². The molecule has 30 heavy (non-hydrogen) atoms. The number of nitrogens with zero attached hydrogens (tertiary/aromatic N) is 2. The summed E-state index contributed by atoms with van der Waals surface area (Å²) < 4.78 is 42.2. The fourth-order valence-electron chi connectivity index (χ4n) is 3.97. The lowest BCUT2D eigenvalue weighted by atomic mass is 10.1. The molecule has 3 amide bonds. The highest BCUT2D eigenvalue weighted by molar-refractivity contribution is 6.00. The Morgan fingerprint density at radius 2 is 1.93 bits per heavy atom. The first-order valence-electron chi connectivity index (χ1n) is 9.41. The Bertz CT molecular complexity index is 895. The minimum Gasteiger partial charge on any atom is -0.493 e. The van der Waals surface area contributed by atoms with E-state index < -0.39 is 35.7 Å². The summed E-state index contributed by atoms with van der Waals surface area (Å²) in [4.78, 5) is 39.4. The summed E-state index contributed by atoms with van der Waals surface area (Å²) in [5.74, 6) is -4.82. The average Bonchev–Trinajstić information content (AvgIpc) is 3.12. The first-order valence-corrected chi connectivity index (χ1v) is 9.41. The van der Waals surface area contributed by atoms with Crippen LogP contribution in [0.4, 0.5) is 19.3 Å². The molecule has 0 bridgehead atoms. The van der Waals surface area contributed by atoms with Crippen molar-refractivity contribution in [3.05, 3.63) is 17.7 Å². The number of alkyl halides is 2. The van der Waals surface area contributed by atoms with E-state index in [1.54, 1.807) is 0 Å². The summed E-state index contributed by atoms with van der Waals surface area (Å²) in [5, 5.41) is 2.62. The number of hydrogen-bond donors (Lipinski definition) is 1. The Morgan fingerprint density at radius 3 is 2.50 bits per heavy atom. The highest BCUT2D eigenvalue weighted by Gasteiger charge is 2.72. The summed E-state index contributed by atoms with van der Waals surface area (Å²) in [6.45, 7) is 0.261. The lowest BCUT2D eigenvalue weighted by Crippen LogP contribution is -2.34. The van der Waals surface area contributed by atoms with Gasteiger partial charge in [-0.1, -0.05) is 0 Å². The number of ether oxygens (including phenoxy) is 3.